The second kappa shape index (κ2) is 7.99. The molecule has 0 unspecified atom stereocenters. The highest BCUT2D eigenvalue weighted by atomic mass is 16.6. The molecule has 6 nitrogen and oxygen atoms in total. The summed E-state index contributed by atoms with van der Waals surface area (Å²) >= 11 is 0. The van der Waals surface area contributed by atoms with E-state index in [-0.39, 0.29) is 30.2 Å². The molecule has 0 saturated carbocycles. The van der Waals surface area contributed by atoms with E-state index in [0.717, 1.165) is 6.42 Å². The van der Waals surface area contributed by atoms with E-state index in [0.29, 0.717) is 17.7 Å². The molecule has 2 rings (SSSR count). The first kappa shape index (κ1) is 20.1. The monoisotopic (exact) mass is 360 g/mol. The topological polar surface area (TPSA) is 75.7 Å². The molecule has 0 radical (unpaired) electrons. The van der Waals surface area contributed by atoms with E-state index in [1.165, 1.54) is 4.90 Å². The van der Waals surface area contributed by atoms with Crippen molar-refractivity contribution in [2.75, 3.05) is 13.1 Å². The summed E-state index contributed by atoms with van der Waals surface area (Å²) in [6.07, 6.45) is 0.809. The number of ether oxygens (including phenoxy) is 1. The standard InChI is InChI=1S/C20H28N2O4/c1-6-13(2)16(19(25)26-20(3,4)5)21-11-12-22-17(23)14-9-7-8-10-15(14)18(22)24/h7-10,13,16,21H,6,11-12H2,1-5H3/t13-,16-/m0/s1. The van der Waals surface area contributed by atoms with Crippen LogP contribution >= 0.6 is 0 Å². The van der Waals surface area contributed by atoms with Crippen LogP contribution in [0.3, 0.4) is 0 Å². The Morgan fingerprint density at radius 2 is 1.69 bits per heavy atom. The van der Waals surface area contributed by atoms with Crippen molar-refractivity contribution in [1.29, 1.82) is 0 Å². The van der Waals surface area contributed by atoms with Gasteiger partial charge in [0.05, 0.1) is 11.1 Å². The van der Waals surface area contributed by atoms with Crippen LogP contribution in [0, 0.1) is 5.92 Å². The number of fused-ring (bicyclic) bond motifs is 1. The Morgan fingerprint density at radius 1 is 1.15 bits per heavy atom. The molecule has 0 bridgehead atoms. The lowest BCUT2D eigenvalue weighted by molar-refractivity contribution is -0.159. The highest BCUT2D eigenvalue weighted by Crippen LogP contribution is 2.22. The number of nitrogens with one attached hydrogen (secondary N) is 1. The predicted octanol–water partition coefficient (Wildman–Crippen LogP) is 2.63. The molecule has 1 N–H and O–H groups in total. The lowest BCUT2D eigenvalue weighted by atomic mass is 9.99. The molecule has 1 aromatic carbocycles. The van der Waals surface area contributed by atoms with Crippen molar-refractivity contribution in [3.8, 4) is 0 Å². The second-order valence-corrected chi connectivity index (χ2v) is 7.66. The summed E-state index contributed by atoms with van der Waals surface area (Å²) in [6.45, 7) is 10.0. The maximum Gasteiger partial charge on any atom is 0.323 e. The molecule has 1 aliphatic rings. The number of carbonyl (C=O) groups is 3. The van der Waals surface area contributed by atoms with Gasteiger partial charge in [-0.2, -0.15) is 0 Å². The summed E-state index contributed by atoms with van der Waals surface area (Å²) in [5, 5.41) is 3.17. The van der Waals surface area contributed by atoms with Gasteiger partial charge >= 0.3 is 5.97 Å². The van der Waals surface area contributed by atoms with Crippen LogP contribution in [0.25, 0.3) is 0 Å². The molecule has 0 fully saturated rings. The van der Waals surface area contributed by atoms with Gasteiger partial charge in [-0.25, -0.2) is 0 Å². The molecule has 0 saturated heterocycles. The van der Waals surface area contributed by atoms with Crippen LogP contribution in [0.1, 0.15) is 61.8 Å². The molecular formula is C20H28N2O4. The van der Waals surface area contributed by atoms with Gasteiger partial charge in [-0.1, -0.05) is 32.4 Å². The van der Waals surface area contributed by atoms with Gasteiger partial charge in [-0.15, -0.1) is 0 Å². The fraction of sp³-hybridized carbons (Fsp3) is 0.550. The number of hydrogen-bond acceptors (Lipinski definition) is 5. The first-order valence-corrected chi connectivity index (χ1v) is 9.07. The Balaban J connectivity index is 1.99. The number of carbonyl (C=O) groups excluding carboxylic acids is 3. The average molecular weight is 360 g/mol. The molecule has 142 valence electrons. The summed E-state index contributed by atoms with van der Waals surface area (Å²) < 4.78 is 5.49. The number of rotatable bonds is 7. The van der Waals surface area contributed by atoms with E-state index in [4.69, 9.17) is 4.74 Å². The summed E-state index contributed by atoms with van der Waals surface area (Å²) in [4.78, 5) is 38.4. The molecule has 2 atom stereocenters. The van der Waals surface area contributed by atoms with Crippen molar-refractivity contribution in [3.63, 3.8) is 0 Å². The Hall–Kier alpha value is -2.21. The number of nitrogens with zero attached hydrogens (tertiary/aromatic N) is 1. The maximum absolute atomic E-state index is 12.5. The third-order valence-electron chi connectivity index (χ3n) is 4.45. The molecular weight excluding hydrogens is 332 g/mol. The summed E-state index contributed by atoms with van der Waals surface area (Å²) in [7, 11) is 0. The highest BCUT2D eigenvalue weighted by Gasteiger charge is 2.35. The molecule has 26 heavy (non-hydrogen) atoms. The molecule has 0 aliphatic carbocycles. The van der Waals surface area contributed by atoms with Crippen molar-refractivity contribution in [3.05, 3.63) is 35.4 Å². The summed E-state index contributed by atoms with van der Waals surface area (Å²) in [5.74, 6) is -0.809. The minimum atomic E-state index is -0.562. The van der Waals surface area contributed by atoms with Crippen LogP contribution in [-0.4, -0.2) is 47.4 Å². The van der Waals surface area contributed by atoms with Crippen LogP contribution in [0.15, 0.2) is 24.3 Å². The second-order valence-electron chi connectivity index (χ2n) is 7.66. The van der Waals surface area contributed by atoms with Crippen molar-refractivity contribution >= 4 is 17.8 Å². The van der Waals surface area contributed by atoms with Crippen LogP contribution in [-0.2, 0) is 9.53 Å². The fourth-order valence-electron chi connectivity index (χ4n) is 2.89. The fourth-order valence-corrected chi connectivity index (χ4v) is 2.89. The summed E-state index contributed by atoms with van der Waals surface area (Å²) in [5.41, 5.74) is 0.304. The number of hydrogen-bond donors (Lipinski definition) is 1. The first-order valence-electron chi connectivity index (χ1n) is 9.07. The Morgan fingerprint density at radius 3 is 2.15 bits per heavy atom. The van der Waals surface area contributed by atoms with Crippen molar-refractivity contribution in [2.24, 2.45) is 5.92 Å². The number of amides is 2. The third kappa shape index (κ3) is 4.49. The van der Waals surface area contributed by atoms with Gasteiger partial charge in [0.2, 0.25) is 0 Å². The van der Waals surface area contributed by atoms with Gasteiger partial charge in [0.15, 0.2) is 0 Å². The summed E-state index contributed by atoms with van der Waals surface area (Å²) in [6, 6.07) is 6.33. The van der Waals surface area contributed by atoms with E-state index < -0.39 is 11.6 Å². The van der Waals surface area contributed by atoms with Gasteiger partial charge in [-0.3, -0.25) is 19.3 Å². The van der Waals surface area contributed by atoms with Crippen LogP contribution < -0.4 is 5.32 Å². The number of esters is 1. The van der Waals surface area contributed by atoms with Gasteiger partial charge in [0.25, 0.3) is 11.8 Å². The molecule has 1 heterocycles. The van der Waals surface area contributed by atoms with Gasteiger partial charge < -0.3 is 10.1 Å². The largest absolute Gasteiger partial charge is 0.459 e. The minimum absolute atomic E-state index is 0.0760. The molecule has 1 aliphatic heterocycles. The molecule has 2 amide bonds. The van der Waals surface area contributed by atoms with Crippen molar-refractivity contribution < 1.29 is 19.1 Å². The molecule has 6 heteroatoms. The van der Waals surface area contributed by atoms with E-state index in [1.807, 2.05) is 34.6 Å². The van der Waals surface area contributed by atoms with Crippen LogP contribution in [0.2, 0.25) is 0 Å². The Kier molecular flexibility index (Phi) is 6.18. The van der Waals surface area contributed by atoms with Crippen molar-refractivity contribution in [1.82, 2.24) is 10.2 Å². The van der Waals surface area contributed by atoms with Crippen LogP contribution in [0.4, 0.5) is 0 Å². The first-order chi connectivity index (χ1) is 12.2. The normalized spacial score (nSPS) is 16.4. The van der Waals surface area contributed by atoms with E-state index in [2.05, 4.69) is 5.32 Å². The van der Waals surface area contributed by atoms with E-state index in [9.17, 15) is 14.4 Å². The zero-order chi connectivity index (χ0) is 19.5. The van der Waals surface area contributed by atoms with Gasteiger partial charge in [-0.05, 0) is 38.8 Å². The zero-order valence-electron chi connectivity index (χ0n) is 16.2. The van der Waals surface area contributed by atoms with Gasteiger partial charge in [0, 0.05) is 13.1 Å². The van der Waals surface area contributed by atoms with E-state index >= 15 is 0 Å². The molecule has 0 spiro atoms. The maximum atomic E-state index is 12.5. The Bertz CT molecular complexity index is 658. The quantitative estimate of drug-likeness (QED) is 0.598. The zero-order valence-corrected chi connectivity index (χ0v) is 16.2. The van der Waals surface area contributed by atoms with Crippen LogP contribution in [0.5, 0.6) is 0 Å². The lowest BCUT2D eigenvalue weighted by Crippen LogP contribution is -2.48. The van der Waals surface area contributed by atoms with E-state index in [1.54, 1.807) is 24.3 Å². The average Bonchev–Trinajstić information content (AvgIpc) is 2.81. The highest BCUT2D eigenvalue weighted by molar-refractivity contribution is 6.21. The molecule has 0 aromatic heterocycles. The number of imide groups is 1. The Labute approximate surface area is 154 Å². The SMILES string of the molecule is CC[C@H](C)[C@H](NCCN1C(=O)c2ccccc2C1=O)C(=O)OC(C)(C)C. The smallest absolute Gasteiger partial charge is 0.323 e. The minimum Gasteiger partial charge on any atom is -0.459 e. The lowest BCUT2D eigenvalue weighted by Gasteiger charge is -2.28. The third-order valence-corrected chi connectivity index (χ3v) is 4.45. The van der Waals surface area contributed by atoms with Gasteiger partial charge in [0.1, 0.15) is 11.6 Å². The number of benzene rings is 1. The van der Waals surface area contributed by atoms with Crippen molar-refractivity contribution in [2.45, 2.75) is 52.7 Å². The molecule has 1 aromatic rings. The predicted molar refractivity (Wildman–Crippen MR) is 98.9 cm³/mol.